The molecule has 0 fully saturated rings. The molecule has 15 heavy (non-hydrogen) atoms. The smallest absolute Gasteiger partial charge is 0.188 e. The third-order valence-electron chi connectivity index (χ3n) is 1.83. The maximum Gasteiger partial charge on any atom is 0.188 e. The molecule has 0 saturated heterocycles. The molecule has 0 radical (unpaired) electrons. The zero-order valence-electron chi connectivity index (χ0n) is 9.10. The van der Waals surface area contributed by atoms with Crippen molar-refractivity contribution in [1.29, 1.82) is 0 Å². The van der Waals surface area contributed by atoms with E-state index >= 15 is 0 Å². The van der Waals surface area contributed by atoms with E-state index in [0.717, 1.165) is 5.56 Å². The number of hydrogen-bond acceptors (Lipinski definition) is 2. The van der Waals surface area contributed by atoms with Gasteiger partial charge in [0.25, 0.3) is 0 Å². The van der Waals surface area contributed by atoms with E-state index in [-0.39, 0.29) is 5.96 Å². The maximum absolute atomic E-state index is 5.58. The highest BCUT2D eigenvalue weighted by molar-refractivity contribution is 5.76. The lowest BCUT2D eigenvalue weighted by atomic mass is 10.2. The van der Waals surface area contributed by atoms with Crippen LogP contribution >= 0.6 is 0 Å². The van der Waals surface area contributed by atoms with Gasteiger partial charge >= 0.3 is 0 Å². The highest BCUT2D eigenvalue weighted by Gasteiger charge is 2.16. The van der Waals surface area contributed by atoms with E-state index in [4.69, 9.17) is 16.2 Å². The van der Waals surface area contributed by atoms with Crippen molar-refractivity contribution in [1.82, 2.24) is 0 Å². The number of nitrogens with two attached hydrogens (primary N) is 2. The SMILES string of the molecule is CC(C)(N=C(N)N)OCc1ccccc1. The average molecular weight is 207 g/mol. The molecule has 4 N–H and O–H groups in total. The first-order valence-electron chi connectivity index (χ1n) is 4.78. The lowest BCUT2D eigenvalue weighted by Gasteiger charge is -2.20. The van der Waals surface area contributed by atoms with E-state index in [1.54, 1.807) is 0 Å². The highest BCUT2D eigenvalue weighted by Crippen LogP contribution is 2.13. The van der Waals surface area contributed by atoms with E-state index in [1.807, 2.05) is 44.2 Å². The second-order valence-electron chi connectivity index (χ2n) is 3.76. The summed E-state index contributed by atoms with van der Waals surface area (Å²) in [5.41, 5.74) is 11.0. The molecule has 4 heteroatoms. The fourth-order valence-electron chi connectivity index (χ4n) is 1.18. The largest absolute Gasteiger partial charge is 0.370 e. The molecule has 0 saturated carbocycles. The van der Waals surface area contributed by atoms with E-state index in [9.17, 15) is 0 Å². The molecule has 0 aliphatic rings. The molecule has 0 unspecified atom stereocenters. The molecule has 0 bridgehead atoms. The van der Waals surface area contributed by atoms with Crippen LogP contribution in [0.4, 0.5) is 0 Å². The standard InChI is InChI=1S/C11H17N3O/c1-11(2,14-10(12)13)15-8-9-6-4-3-5-7-9/h3-7H,8H2,1-2H3,(H4,12,13,14). The molecular weight excluding hydrogens is 190 g/mol. The van der Waals surface area contributed by atoms with Gasteiger partial charge in [0.15, 0.2) is 11.7 Å². The van der Waals surface area contributed by atoms with Crippen molar-refractivity contribution in [2.45, 2.75) is 26.2 Å². The second-order valence-corrected chi connectivity index (χ2v) is 3.76. The van der Waals surface area contributed by atoms with Gasteiger partial charge < -0.3 is 16.2 Å². The summed E-state index contributed by atoms with van der Waals surface area (Å²) < 4.78 is 5.58. The Bertz CT molecular complexity index is 329. The van der Waals surface area contributed by atoms with Crippen LogP contribution in [0.25, 0.3) is 0 Å². The fourth-order valence-corrected chi connectivity index (χ4v) is 1.18. The Kier molecular flexibility index (Phi) is 3.68. The van der Waals surface area contributed by atoms with Crippen LogP contribution in [0.2, 0.25) is 0 Å². The van der Waals surface area contributed by atoms with Crippen molar-refractivity contribution in [2.24, 2.45) is 16.5 Å². The molecule has 1 aromatic carbocycles. The lowest BCUT2D eigenvalue weighted by Crippen LogP contribution is -2.31. The summed E-state index contributed by atoms with van der Waals surface area (Å²) in [5, 5.41) is 0. The third-order valence-corrected chi connectivity index (χ3v) is 1.83. The van der Waals surface area contributed by atoms with E-state index in [0.29, 0.717) is 6.61 Å². The number of hydrogen-bond donors (Lipinski definition) is 2. The Labute approximate surface area is 89.9 Å². The number of nitrogens with zero attached hydrogens (tertiary/aromatic N) is 1. The van der Waals surface area contributed by atoms with Crippen LogP contribution < -0.4 is 11.5 Å². The molecule has 0 spiro atoms. The van der Waals surface area contributed by atoms with E-state index in [1.165, 1.54) is 0 Å². The molecular formula is C11H17N3O. The van der Waals surface area contributed by atoms with Gasteiger partial charge in [0.2, 0.25) is 0 Å². The molecule has 0 amide bonds. The molecule has 1 rings (SSSR count). The van der Waals surface area contributed by atoms with E-state index < -0.39 is 5.72 Å². The van der Waals surface area contributed by atoms with Crippen molar-refractivity contribution in [3.63, 3.8) is 0 Å². The van der Waals surface area contributed by atoms with Crippen molar-refractivity contribution >= 4 is 5.96 Å². The summed E-state index contributed by atoms with van der Waals surface area (Å²) >= 11 is 0. The van der Waals surface area contributed by atoms with Gasteiger partial charge in [0.1, 0.15) is 0 Å². The normalized spacial score (nSPS) is 11.1. The summed E-state index contributed by atoms with van der Waals surface area (Å²) in [6.45, 7) is 4.12. The number of rotatable bonds is 4. The monoisotopic (exact) mass is 207 g/mol. The predicted molar refractivity (Wildman–Crippen MR) is 61.1 cm³/mol. The Morgan fingerprint density at radius 1 is 1.27 bits per heavy atom. The summed E-state index contributed by atoms with van der Waals surface area (Å²) in [4.78, 5) is 3.97. The second kappa shape index (κ2) is 4.79. The first-order chi connectivity index (χ1) is 6.99. The zero-order valence-corrected chi connectivity index (χ0v) is 9.10. The number of ether oxygens (including phenoxy) is 1. The molecule has 1 aromatic rings. The molecule has 4 nitrogen and oxygen atoms in total. The van der Waals surface area contributed by atoms with Crippen LogP contribution in [0, 0.1) is 0 Å². The van der Waals surface area contributed by atoms with Crippen molar-refractivity contribution in [3.05, 3.63) is 35.9 Å². The van der Waals surface area contributed by atoms with Crippen molar-refractivity contribution < 1.29 is 4.74 Å². The molecule has 0 aliphatic carbocycles. The Hall–Kier alpha value is -1.55. The number of guanidine groups is 1. The summed E-state index contributed by atoms with van der Waals surface area (Å²) in [6, 6.07) is 9.88. The Morgan fingerprint density at radius 2 is 1.87 bits per heavy atom. The highest BCUT2D eigenvalue weighted by atomic mass is 16.5. The van der Waals surface area contributed by atoms with Crippen LogP contribution in [0.3, 0.4) is 0 Å². The van der Waals surface area contributed by atoms with Gasteiger partial charge in [0.05, 0.1) is 6.61 Å². The molecule has 0 heterocycles. The molecule has 0 aromatic heterocycles. The lowest BCUT2D eigenvalue weighted by molar-refractivity contribution is -0.0224. The minimum atomic E-state index is -0.686. The predicted octanol–water partition coefficient (Wildman–Crippen LogP) is 1.21. The van der Waals surface area contributed by atoms with Gasteiger partial charge in [-0.3, -0.25) is 0 Å². The van der Waals surface area contributed by atoms with Gasteiger partial charge in [-0.15, -0.1) is 0 Å². The first kappa shape index (κ1) is 11.5. The Morgan fingerprint density at radius 3 is 2.40 bits per heavy atom. The number of aliphatic imine (C=N–C) groups is 1. The molecule has 0 aliphatic heterocycles. The summed E-state index contributed by atoms with van der Waals surface area (Å²) in [7, 11) is 0. The van der Waals surface area contributed by atoms with Gasteiger partial charge in [-0.1, -0.05) is 30.3 Å². The summed E-state index contributed by atoms with van der Waals surface area (Å²) in [5.74, 6) is 0.0352. The van der Waals surface area contributed by atoms with Crippen LogP contribution in [-0.2, 0) is 11.3 Å². The first-order valence-corrected chi connectivity index (χ1v) is 4.78. The maximum atomic E-state index is 5.58. The third kappa shape index (κ3) is 4.46. The van der Waals surface area contributed by atoms with Gasteiger partial charge in [-0.05, 0) is 19.4 Å². The fraction of sp³-hybridized carbons (Fsp3) is 0.364. The minimum Gasteiger partial charge on any atom is -0.370 e. The van der Waals surface area contributed by atoms with Crippen LogP contribution in [-0.4, -0.2) is 11.7 Å². The Balaban J connectivity index is 2.54. The van der Waals surface area contributed by atoms with Gasteiger partial charge in [0, 0.05) is 0 Å². The topological polar surface area (TPSA) is 73.6 Å². The van der Waals surface area contributed by atoms with Crippen LogP contribution in [0.5, 0.6) is 0 Å². The van der Waals surface area contributed by atoms with Crippen molar-refractivity contribution in [3.8, 4) is 0 Å². The van der Waals surface area contributed by atoms with Crippen LogP contribution in [0.15, 0.2) is 35.3 Å². The van der Waals surface area contributed by atoms with Gasteiger partial charge in [-0.2, -0.15) is 0 Å². The van der Waals surface area contributed by atoms with Crippen LogP contribution in [0.1, 0.15) is 19.4 Å². The zero-order chi connectivity index (χ0) is 11.3. The minimum absolute atomic E-state index is 0.0352. The molecule has 82 valence electrons. The quantitative estimate of drug-likeness (QED) is 0.575. The average Bonchev–Trinajstić information content (AvgIpc) is 2.15. The number of benzene rings is 1. The van der Waals surface area contributed by atoms with Gasteiger partial charge in [-0.25, -0.2) is 4.99 Å². The van der Waals surface area contributed by atoms with Crippen molar-refractivity contribution in [2.75, 3.05) is 0 Å². The summed E-state index contributed by atoms with van der Waals surface area (Å²) in [6.07, 6.45) is 0. The van der Waals surface area contributed by atoms with E-state index in [2.05, 4.69) is 4.99 Å². The molecule has 0 atom stereocenters.